The first kappa shape index (κ1) is 23.3. The molecule has 1 aromatic heterocycles. The number of hydrogen-bond donors (Lipinski definition) is 2. The Kier molecular flexibility index (Phi) is 8.97. The van der Waals surface area contributed by atoms with Crippen molar-refractivity contribution in [1.29, 1.82) is 0 Å². The lowest BCUT2D eigenvalue weighted by atomic mass is 9.94. The summed E-state index contributed by atoms with van der Waals surface area (Å²) >= 11 is 5.44. The van der Waals surface area contributed by atoms with E-state index in [1.807, 2.05) is 30.7 Å². The summed E-state index contributed by atoms with van der Waals surface area (Å²) in [7, 11) is 3.86. The molecule has 2 heterocycles. The van der Waals surface area contributed by atoms with E-state index in [2.05, 4.69) is 39.1 Å². The molecule has 31 heavy (non-hydrogen) atoms. The summed E-state index contributed by atoms with van der Waals surface area (Å²) in [6, 6.07) is 5.82. The summed E-state index contributed by atoms with van der Waals surface area (Å²) in [4.78, 5) is 6.54. The number of rotatable bonds is 10. The Morgan fingerprint density at radius 3 is 2.77 bits per heavy atom. The summed E-state index contributed by atoms with van der Waals surface area (Å²) < 4.78 is 13.7. The Morgan fingerprint density at radius 2 is 2.06 bits per heavy atom. The van der Waals surface area contributed by atoms with Crippen molar-refractivity contribution < 1.29 is 9.47 Å². The van der Waals surface area contributed by atoms with Crippen molar-refractivity contribution in [2.75, 3.05) is 45.7 Å². The molecule has 1 aromatic carbocycles. The molecule has 1 fully saturated rings. The van der Waals surface area contributed by atoms with E-state index >= 15 is 0 Å². The maximum Gasteiger partial charge on any atom is 0.170 e. The Labute approximate surface area is 191 Å². The number of benzene rings is 1. The normalized spacial score (nSPS) is 14.9. The number of nitrogens with zero attached hydrogens (tertiary/aromatic N) is 3. The molecule has 0 atom stereocenters. The van der Waals surface area contributed by atoms with Gasteiger partial charge < -0.3 is 29.6 Å². The fourth-order valence-corrected chi connectivity index (χ4v) is 4.02. The molecule has 0 spiro atoms. The topological polar surface area (TPSA) is 63.6 Å². The fraction of sp³-hybridized carbons (Fsp3) is 0.565. The largest absolute Gasteiger partial charge is 0.493 e. The van der Waals surface area contributed by atoms with E-state index in [-0.39, 0.29) is 0 Å². The Hall–Kier alpha value is -2.32. The summed E-state index contributed by atoms with van der Waals surface area (Å²) in [5.74, 6) is 2.23. The average Bonchev–Trinajstić information content (AvgIpc) is 3.17. The molecule has 0 bridgehead atoms. The van der Waals surface area contributed by atoms with Crippen molar-refractivity contribution in [3.05, 3.63) is 36.4 Å². The van der Waals surface area contributed by atoms with Gasteiger partial charge in [0.05, 0.1) is 20.0 Å². The van der Waals surface area contributed by atoms with Crippen LogP contribution in [0.1, 0.15) is 31.4 Å². The second-order valence-electron chi connectivity index (χ2n) is 8.21. The first-order valence-electron chi connectivity index (χ1n) is 11.1. The van der Waals surface area contributed by atoms with Gasteiger partial charge in [0.2, 0.25) is 0 Å². The molecular formula is C23H35N5O2S. The van der Waals surface area contributed by atoms with Crippen LogP contribution in [-0.4, -0.2) is 60.0 Å². The molecule has 3 rings (SSSR count). The van der Waals surface area contributed by atoms with Gasteiger partial charge in [-0.1, -0.05) is 0 Å². The minimum atomic E-state index is 0.602. The molecule has 1 aliphatic heterocycles. The van der Waals surface area contributed by atoms with Gasteiger partial charge in [-0.05, 0) is 83.0 Å². The molecule has 1 aliphatic rings. The number of hydrogen-bond acceptors (Lipinski definition) is 5. The van der Waals surface area contributed by atoms with Crippen LogP contribution in [0.3, 0.4) is 0 Å². The van der Waals surface area contributed by atoms with Crippen LogP contribution in [0.5, 0.6) is 11.5 Å². The summed E-state index contributed by atoms with van der Waals surface area (Å²) in [6.45, 7) is 6.83. The SMILES string of the molecule is COc1ccc(NC(=S)NCCCn2cncc2C)cc1OCCC1CCN(C)CC1. The van der Waals surface area contributed by atoms with Crippen molar-refractivity contribution >= 4 is 23.0 Å². The van der Waals surface area contributed by atoms with Gasteiger partial charge in [0.25, 0.3) is 0 Å². The lowest BCUT2D eigenvalue weighted by Crippen LogP contribution is -2.30. The maximum atomic E-state index is 6.08. The van der Waals surface area contributed by atoms with Crippen LogP contribution in [0, 0.1) is 12.8 Å². The minimum absolute atomic E-state index is 0.602. The predicted octanol–water partition coefficient (Wildman–Crippen LogP) is 3.69. The average molecular weight is 446 g/mol. The lowest BCUT2D eigenvalue weighted by molar-refractivity contribution is 0.185. The van der Waals surface area contributed by atoms with Crippen molar-refractivity contribution in [3.63, 3.8) is 0 Å². The van der Waals surface area contributed by atoms with E-state index in [0.29, 0.717) is 11.7 Å². The monoisotopic (exact) mass is 445 g/mol. The van der Waals surface area contributed by atoms with Crippen LogP contribution < -0.4 is 20.1 Å². The number of aromatic nitrogens is 2. The molecule has 0 aliphatic carbocycles. The number of anilines is 1. The van der Waals surface area contributed by atoms with E-state index in [4.69, 9.17) is 21.7 Å². The van der Waals surface area contributed by atoms with Gasteiger partial charge in [0.1, 0.15) is 0 Å². The van der Waals surface area contributed by atoms with Crippen molar-refractivity contribution in [3.8, 4) is 11.5 Å². The first-order chi connectivity index (χ1) is 15.0. The van der Waals surface area contributed by atoms with Gasteiger partial charge in [-0.15, -0.1) is 0 Å². The number of likely N-dealkylation sites (tertiary alicyclic amines) is 1. The Balaban J connectivity index is 1.43. The van der Waals surface area contributed by atoms with E-state index in [9.17, 15) is 0 Å². The van der Waals surface area contributed by atoms with Crippen LogP contribution in [0.25, 0.3) is 0 Å². The van der Waals surface area contributed by atoms with Gasteiger partial charge >= 0.3 is 0 Å². The molecule has 0 amide bonds. The van der Waals surface area contributed by atoms with Crippen LogP contribution in [0.2, 0.25) is 0 Å². The van der Waals surface area contributed by atoms with Crippen molar-refractivity contribution in [2.24, 2.45) is 5.92 Å². The molecule has 170 valence electrons. The highest BCUT2D eigenvalue weighted by molar-refractivity contribution is 7.80. The second-order valence-corrected chi connectivity index (χ2v) is 8.62. The van der Waals surface area contributed by atoms with Gasteiger partial charge in [-0.2, -0.15) is 0 Å². The molecule has 0 saturated carbocycles. The van der Waals surface area contributed by atoms with Gasteiger partial charge in [0.15, 0.2) is 16.6 Å². The molecule has 1 saturated heterocycles. The molecule has 2 aromatic rings. The lowest BCUT2D eigenvalue weighted by Gasteiger charge is -2.28. The highest BCUT2D eigenvalue weighted by Crippen LogP contribution is 2.31. The zero-order chi connectivity index (χ0) is 22.1. The third-order valence-electron chi connectivity index (χ3n) is 5.83. The third-order valence-corrected chi connectivity index (χ3v) is 6.07. The van der Waals surface area contributed by atoms with E-state index in [0.717, 1.165) is 49.0 Å². The summed E-state index contributed by atoms with van der Waals surface area (Å²) in [5.41, 5.74) is 2.06. The third kappa shape index (κ3) is 7.40. The summed E-state index contributed by atoms with van der Waals surface area (Å²) in [5, 5.41) is 7.11. The first-order valence-corrected chi connectivity index (χ1v) is 11.5. The highest BCUT2D eigenvalue weighted by atomic mass is 32.1. The van der Waals surface area contributed by atoms with Crippen LogP contribution in [0.15, 0.2) is 30.7 Å². The number of thiocarbonyl (C=S) groups is 1. The quantitative estimate of drug-likeness (QED) is 0.427. The smallest absolute Gasteiger partial charge is 0.170 e. The Bertz CT molecular complexity index is 833. The zero-order valence-electron chi connectivity index (χ0n) is 18.9. The van der Waals surface area contributed by atoms with Crippen LogP contribution >= 0.6 is 12.2 Å². The van der Waals surface area contributed by atoms with Crippen LogP contribution in [0.4, 0.5) is 5.69 Å². The minimum Gasteiger partial charge on any atom is -0.493 e. The van der Waals surface area contributed by atoms with E-state index in [1.54, 1.807) is 7.11 Å². The molecule has 0 radical (unpaired) electrons. The molecule has 7 nitrogen and oxygen atoms in total. The second kappa shape index (κ2) is 11.9. The zero-order valence-corrected chi connectivity index (χ0v) is 19.7. The predicted molar refractivity (Wildman–Crippen MR) is 129 cm³/mol. The number of ether oxygens (including phenoxy) is 2. The van der Waals surface area contributed by atoms with E-state index < -0.39 is 0 Å². The van der Waals surface area contributed by atoms with Gasteiger partial charge in [-0.3, -0.25) is 0 Å². The Morgan fingerprint density at radius 1 is 1.26 bits per heavy atom. The number of aryl methyl sites for hydroxylation is 2. The standard InChI is InChI=1S/C23H35N5O2S/c1-18-16-24-17-28(18)11-4-10-25-23(31)26-20-5-6-21(29-3)22(15-20)30-14-9-19-7-12-27(2)13-8-19/h5-6,15-17,19H,4,7-14H2,1-3H3,(H2,25,26,31). The van der Waals surface area contributed by atoms with Crippen molar-refractivity contribution in [1.82, 2.24) is 19.8 Å². The van der Waals surface area contributed by atoms with Crippen molar-refractivity contribution in [2.45, 2.75) is 39.2 Å². The maximum absolute atomic E-state index is 6.08. The molecule has 2 N–H and O–H groups in total. The number of methoxy groups -OCH3 is 1. The molecule has 0 unspecified atom stereocenters. The fourth-order valence-electron chi connectivity index (χ4n) is 3.80. The number of piperidine rings is 1. The van der Waals surface area contributed by atoms with Crippen LogP contribution in [-0.2, 0) is 6.54 Å². The molecular weight excluding hydrogens is 410 g/mol. The van der Waals surface area contributed by atoms with E-state index in [1.165, 1.54) is 31.6 Å². The molecule has 8 heteroatoms. The summed E-state index contributed by atoms with van der Waals surface area (Å²) in [6.07, 6.45) is 8.27. The highest BCUT2D eigenvalue weighted by Gasteiger charge is 2.17. The van der Waals surface area contributed by atoms with Gasteiger partial charge in [-0.25, -0.2) is 4.98 Å². The number of imidazole rings is 1. The van der Waals surface area contributed by atoms with Gasteiger partial charge in [0, 0.05) is 36.7 Å². The number of nitrogens with one attached hydrogen (secondary N) is 2.